The van der Waals surface area contributed by atoms with Gasteiger partial charge in [0.05, 0.1) is 12.2 Å². The Bertz CT molecular complexity index is 287. The maximum atomic E-state index is 11.3. The van der Waals surface area contributed by atoms with Gasteiger partial charge < -0.3 is 9.84 Å². The van der Waals surface area contributed by atoms with Crippen molar-refractivity contribution in [2.45, 2.75) is 25.8 Å². The third-order valence-corrected chi connectivity index (χ3v) is 3.21. The first-order chi connectivity index (χ1) is 6.87. The van der Waals surface area contributed by atoms with Gasteiger partial charge in [-0.25, -0.2) is 13.1 Å². The summed E-state index contributed by atoms with van der Waals surface area (Å²) in [5.74, 6) is -1.08. The molecule has 0 saturated heterocycles. The molecule has 1 unspecified atom stereocenters. The van der Waals surface area contributed by atoms with Crippen molar-refractivity contribution in [3.8, 4) is 0 Å². The van der Waals surface area contributed by atoms with Crippen molar-refractivity contribution in [1.82, 2.24) is 4.72 Å². The van der Waals surface area contributed by atoms with Gasteiger partial charge in [-0.05, 0) is 13.3 Å². The van der Waals surface area contributed by atoms with Crippen LogP contribution in [0.3, 0.4) is 0 Å². The van der Waals surface area contributed by atoms with Crippen LogP contribution in [0.15, 0.2) is 0 Å². The molecule has 0 aromatic heterocycles. The molecule has 0 saturated carbocycles. The summed E-state index contributed by atoms with van der Waals surface area (Å²) in [6.45, 7) is 1.89. The number of methoxy groups -OCH3 is 1. The summed E-state index contributed by atoms with van der Waals surface area (Å²) in [5.41, 5.74) is 0. The van der Waals surface area contributed by atoms with Crippen molar-refractivity contribution in [2.75, 3.05) is 19.5 Å². The molecule has 0 aliphatic rings. The van der Waals surface area contributed by atoms with Crippen LogP contribution in [0.4, 0.5) is 0 Å². The minimum absolute atomic E-state index is 0.0508. The van der Waals surface area contributed by atoms with E-state index in [4.69, 9.17) is 9.84 Å². The lowest BCUT2D eigenvalue weighted by atomic mass is 10.3. The number of carbonyl (C=O) groups is 1. The van der Waals surface area contributed by atoms with Gasteiger partial charge in [0.15, 0.2) is 0 Å². The lowest BCUT2D eigenvalue weighted by Gasteiger charge is -2.11. The van der Waals surface area contributed by atoms with Crippen LogP contribution in [0.2, 0.25) is 0 Å². The van der Waals surface area contributed by atoms with E-state index in [1.807, 2.05) is 0 Å². The highest BCUT2D eigenvalue weighted by Gasteiger charge is 2.15. The zero-order valence-corrected chi connectivity index (χ0v) is 9.71. The topological polar surface area (TPSA) is 92.7 Å². The minimum Gasteiger partial charge on any atom is -0.481 e. The monoisotopic (exact) mass is 239 g/mol. The van der Waals surface area contributed by atoms with E-state index in [1.165, 1.54) is 14.0 Å². The number of nitrogens with one attached hydrogen (secondary N) is 1. The van der Waals surface area contributed by atoms with Gasteiger partial charge in [0.2, 0.25) is 10.0 Å². The Hall–Kier alpha value is -0.660. The van der Waals surface area contributed by atoms with E-state index in [-0.39, 0.29) is 12.2 Å². The average Bonchev–Trinajstić information content (AvgIpc) is 2.00. The maximum Gasteiger partial charge on any atom is 0.304 e. The van der Waals surface area contributed by atoms with E-state index >= 15 is 0 Å². The number of ether oxygens (including phenoxy) is 1. The normalized spacial score (nSPS) is 13.7. The molecule has 2 N–H and O–H groups in total. The number of carboxylic acid groups (broad SMARTS) is 1. The van der Waals surface area contributed by atoms with E-state index in [0.717, 1.165) is 0 Å². The summed E-state index contributed by atoms with van der Waals surface area (Å²) in [7, 11) is -1.90. The molecular weight excluding hydrogens is 222 g/mol. The van der Waals surface area contributed by atoms with Gasteiger partial charge in [0, 0.05) is 19.8 Å². The molecule has 0 heterocycles. The highest BCUT2D eigenvalue weighted by molar-refractivity contribution is 7.89. The van der Waals surface area contributed by atoms with Crippen molar-refractivity contribution in [3.63, 3.8) is 0 Å². The summed E-state index contributed by atoms with van der Waals surface area (Å²) < 4.78 is 29.7. The molecule has 0 spiro atoms. The fraction of sp³-hybridized carbons (Fsp3) is 0.875. The van der Waals surface area contributed by atoms with E-state index < -0.39 is 22.0 Å². The Morgan fingerprint density at radius 1 is 1.53 bits per heavy atom. The highest BCUT2D eigenvalue weighted by atomic mass is 32.2. The molecule has 90 valence electrons. The van der Waals surface area contributed by atoms with Crippen LogP contribution in [-0.2, 0) is 19.6 Å². The lowest BCUT2D eigenvalue weighted by molar-refractivity contribution is -0.137. The zero-order chi connectivity index (χ0) is 11.9. The molecule has 1 atom stereocenters. The second kappa shape index (κ2) is 6.76. The predicted octanol–water partition coefficient (Wildman–Crippen LogP) is -0.194. The molecule has 0 rings (SSSR count). The third kappa shape index (κ3) is 8.34. The van der Waals surface area contributed by atoms with E-state index in [9.17, 15) is 13.2 Å². The maximum absolute atomic E-state index is 11.3. The third-order valence-electron chi connectivity index (χ3n) is 1.62. The Labute approximate surface area is 89.7 Å². The number of hydrogen-bond acceptors (Lipinski definition) is 4. The van der Waals surface area contributed by atoms with Crippen LogP contribution in [-0.4, -0.2) is 45.0 Å². The largest absolute Gasteiger partial charge is 0.481 e. The van der Waals surface area contributed by atoms with Crippen LogP contribution in [0, 0.1) is 0 Å². The Morgan fingerprint density at radius 3 is 2.60 bits per heavy atom. The van der Waals surface area contributed by atoms with Gasteiger partial charge >= 0.3 is 5.97 Å². The van der Waals surface area contributed by atoms with Crippen molar-refractivity contribution in [1.29, 1.82) is 0 Å². The fourth-order valence-electron chi connectivity index (χ4n) is 1.06. The number of carboxylic acids is 1. The molecule has 7 heteroatoms. The number of hydrogen-bond donors (Lipinski definition) is 2. The first kappa shape index (κ1) is 14.3. The zero-order valence-electron chi connectivity index (χ0n) is 8.89. The molecule has 6 nitrogen and oxygen atoms in total. The van der Waals surface area contributed by atoms with E-state index in [2.05, 4.69) is 4.72 Å². The van der Waals surface area contributed by atoms with E-state index in [1.54, 1.807) is 0 Å². The molecule has 0 bridgehead atoms. The molecule has 0 aliphatic carbocycles. The van der Waals surface area contributed by atoms with Crippen LogP contribution in [0.1, 0.15) is 19.8 Å². The Morgan fingerprint density at radius 2 is 2.13 bits per heavy atom. The standard InChI is InChI=1S/C8H17NO5S/c1-7(6-8(10)11)9-15(12,13)5-3-4-14-2/h7,9H,3-6H2,1-2H3,(H,10,11). The lowest BCUT2D eigenvalue weighted by Crippen LogP contribution is -2.36. The Balaban J connectivity index is 3.97. The van der Waals surface area contributed by atoms with Gasteiger partial charge in [-0.3, -0.25) is 4.79 Å². The summed E-state index contributed by atoms with van der Waals surface area (Å²) >= 11 is 0. The van der Waals surface area contributed by atoms with Crippen molar-refractivity contribution < 1.29 is 23.1 Å². The second-order valence-corrected chi connectivity index (χ2v) is 5.16. The quantitative estimate of drug-likeness (QED) is 0.572. The SMILES string of the molecule is COCCCS(=O)(=O)NC(C)CC(=O)O. The van der Waals surface area contributed by atoms with Crippen molar-refractivity contribution in [2.24, 2.45) is 0 Å². The van der Waals surface area contributed by atoms with Crippen LogP contribution < -0.4 is 4.72 Å². The number of sulfonamides is 1. The van der Waals surface area contributed by atoms with Gasteiger partial charge in [-0.2, -0.15) is 0 Å². The smallest absolute Gasteiger partial charge is 0.304 e. The van der Waals surface area contributed by atoms with Crippen LogP contribution >= 0.6 is 0 Å². The molecule has 0 aromatic rings. The molecule has 0 aromatic carbocycles. The first-order valence-electron chi connectivity index (χ1n) is 4.58. The number of aliphatic carboxylic acids is 1. The average molecular weight is 239 g/mol. The van der Waals surface area contributed by atoms with E-state index in [0.29, 0.717) is 13.0 Å². The summed E-state index contributed by atoms with van der Waals surface area (Å²) in [6, 6.07) is -0.588. The predicted molar refractivity (Wildman–Crippen MR) is 55.1 cm³/mol. The summed E-state index contributed by atoms with van der Waals surface area (Å²) in [6.07, 6.45) is 0.176. The molecule has 15 heavy (non-hydrogen) atoms. The van der Waals surface area contributed by atoms with Crippen LogP contribution in [0.5, 0.6) is 0 Å². The van der Waals surface area contributed by atoms with Gasteiger partial charge in [0.25, 0.3) is 0 Å². The Kier molecular flexibility index (Phi) is 6.46. The second-order valence-electron chi connectivity index (χ2n) is 3.28. The fourth-order valence-corrected chi connectivity index (χ4v) is 2.37. The van der Waals surface area contributed by atoms with Gasteiger partial charge in [-0.1, -0.05) is 0 Å². The summed E-state index contributed by atoms with van der Waals surface area (Å²) in [4.78, 5) is 10.3. The molecule has 0 radical (unpaired) electrons. The number of rotatable bonds is 8. The summed E-state index contributed by atoms with van der Waals surface area (Å²) in [5, 5.41) is 8.44. The first-order valence-corrected chi connectivity index (χ1v) is 6.23. The van der Waals surface area contributed by atoms with Gasteiger partial charge in [-0.15, -0.1) is 0 Å². The molecule has 0 amide bonds. The molecule has 0 fully saturated rings. The van der Waals surface area contributed by atoms with Crippen LogP contribution in [0.25, 0.3) is 0 Å². The molecule has 0 aliphatic heterocycles. The van der Waals surface area contributed by atoms with Crippen molar-refractivity contribution >= 4 is 16.0 Å². The highest BCUT2D eigenvalue weighted by Crippen LogP contribution is 1.96. The molecular formula is C8H17NO5S. The van der Waals surface area contributed by atoms with Gasteiger partial charge in [0.1, 0.15) is 0 Å². The van der Waals surface area contributed by atoms with Crippen molar-refractivity contribution in [3.05, 3.63) is 0 Å². The minimum atomic E-state index is -3.39.